The van der Waals surface area contributed by atoms with E-state index in [1.807, 2.05) is 0 Å². The first-order valence-electron chi connectivity index (χ1n) is 15.6. The molecule has 262 valence electrons. The largest absolute Gasteiger partial charge is 0.508 e. The van der Waals surface area contributed by atoms with E-state index in [9.17, 15) is 5.11 Å². The molecule has 2 aliphatic rings. The number of nitrogens with two attached hydrogens (primary N) is 4. The summed E-state index contributed by atoms with van der Waals surface area (Å²) in [7, 11) is 1.56. The average molecular weight is 751 g/mol. The van der Waals surface area contributed by atoms with Gasteiger partial charge >= 0.3 is 0 Å². The molecule has 0 radical (unpaired) electrons. The molecule has 2 aromatic carbocycles. The van der Waals surface area contributed by atoms with E-state index in [2.05, 4.69) is 43.6 Å². The molecule has 49 heavy (non-hydrogen) atoms. The second kappa shape index (κ2) is 14.8. The number of hydrogen-bond acceptors (Lipinski definition) is 12. The van der Waals surface area contributed by atoms with Gasteiger partial charge in [-0.3, -0.25) is 0 Å². The maximum atomic E-state index is 9.73. The van der Waals surface area contributed by atoms with Crippen molar-refractivity contribution < 1.29 is 9.84 Å². The van der Waals surface area contributed by atoms with Crippen LogP contribution in [0.2, 0.25) is 20.1 Å². The lowest BCUT2D eigenvalue weighted by atomic mass is 9.91. The maximum absolute atomic E-state index is 9.73. The summed E-state index contributed by atoms with van der Waals surface area (Å²) in [6.07, 6.45) is 6.78. The summed E-state index contributed by atoms with van der Waals surface area (Å²) in [4.78, 5) is 21.9. The minimum Gasteiger partial charge on any atom is -0.508 e. The first kappa shape index (κ1) is 36.8. The SMILES string of the molecule is CC1(N)CCN(c2ncc(-c3cc(O)cc(Cl)c3Cl)c(N)n2)CC1.COc1cc(Cl)c(Cl)c(-c2cnc(N3CCC(C)(N)CC3)nc2N)c1. The molecule has 0 amide bonds. The summed E-state index contributed by atoms with van der Waals surface area (Å²) < 4.78 is 5.25. The van der Waals surface area contributed by atoms with Crippen LogP contribution in [0.15, 0.2) is 36.7 Å². The molecule has 2 fully saturated rings. The fourth-order valence-corrected chi connectivity index (χ4v) is 6.42. The highest BCUT2D eigenvalue weighted by atomic mass is 35.5. The number of phenols is 1. The van der Waals surface area contributed by atoms with Crippen molar-refractivity contribution in [1.29, 1.82) is 0 Å². The second-order valence-electron chi connectivity index (χ2n) is 13.0. The quantitative estimate of drug-likeness (QED) is 0.151. The van der Waals surface area contributed by atoms with Crippen molar-refractivity contribution in [3.63, 3.8) is 0 Å². The van der Waals surface area contributed by atoms with Gasteiger partial charge in [0.15, 0.2) is 0 Å². The topological polar surface area (TPSA) is 192 Å². The number of piperidine rings is 2. The van der Waals surface area contributed by atoms with Gasteiger partial charge in [-0.1, -0.05) is 46.4 Å². The molecule has 0 aliphatic carbocycles. The summed E-state index contributed by atoms with van der Waals surface area (Å²) in [6, 6.07) is 6.28. The predicted octanol–water partition coefficient (Wildman–Crippen LogP) is 6.41. The Kier molecular flexibility index (Phi) is 11.1. The lowest BCUT2D eigenvalue weighted by molar-refractivity contribution is 0.361. The van der Waals surface area contributed by atoms with Crippen molar-refractivity contribution in [1.82, 2.24) is 19.9 Å². The van der Waals surface area contributed by atoms with Crippen LogP contribution in [0, 0.1) is 0 Å². The average Bonchev–Trinajstić information content (AvgIpc) is 3.04. The normalized spacial score (nSPS) is 16.9. The Morgan fingerprint density at radius 2 is 1.08 bits per heavy atom. The predicted molar refractivity (Wildman–Crippen MR) is 200 cm³/mol. The highest BCUT2D eigenvalue weighted by Crippen LogP contribution is 2.40. The van der Waals surface area contributed by atoms with E-state index >= 15 is 0 Å². The summed E-state index contributed by atoms with van der Waals surface area (Å²) in [5.74, 6) is 2.38. The monoisotopic (exact) mass is 748 g/mol. The molecule has 2 aromatic heterocycles. The zero-order chi connectivity index (χ0) is 35.7. The number of ether oxygens (including phenoxy) is 1. The third-order valence-electron chi connectivity index (χ3n) is 8.82. The van der Waals surface area contributed by atoms with Crippen LogP contribution in [0.1, 0.15) is 39.5 Å². The Hall–Kier alpha value is -3.52. The van der Waals surface area contributed by atoms with Crippen LogP contribution in [-0.4, -0.2) is 69.4 Å². The van der Waals surface area contributed by atoms with Crippen molar-refractivity contribution in [3.8, 4) is 33.8 Å². The highest BCUT2D eigenvalue weighted by molar-refractivity contribution is 6.44. The van der Waals surface area contributed by atoms with Gasteiger partial charge in [-0.15, -0.1) is 0 Å². The zero-order valence-electron chi connectivity index (χ0n) is 27.5. The number of aromatic hydroxyl groups is 1. The Bertz CT molecular complexity index is 1820. The number of rotatable bonds is 5. The molecule has 4 aromatic rings. The Morgan fingerprint density at radius 1 is 0.673 bits per heavy atom. The van der Waals surface area contributed by atoms with E-state index in [0.717, 1.165) is 51.9 Å². The van der Waals surface area contributed by atoms with Crippen LogP contribution in [0.4, 0.5) is 23.5 Å². The van der Waals surface area contributed by atoms with Crippen molar-refractivity contribution in [2.45, 2.75) is 50.6 Å². The number of methoxy groups -OCH3 is 1. The Morgan fingerprint density at radius 3 is 1.49 bits per heavy atom. The molecule has 12 nitrogen and oxygen atoms in total. The van der Waals surface area contributed by atoms with Gasteiger partial charge in [0, 0.05) is 84.0 Å². The van der Waals surface area contributed by atoms with Crippen molar-refractivity contribution >= 4 is 69.9 Å². The minimum absolute atomic E-state index is 0.00105. The Labute approximate surface area is 305 Å². The first-order chi connectivity index (χ1) is 23.1. The van der Waals surface area contributed by atoms with Crippen LogP contribution in [0.25, 0.3) is 22.3 Å². The van der Waals surface area contributed by atoms with Gasteiger partial charge in [-0.05, 0) is 51.7 Å². The summed E-state index contributed by atoms with van der Waals surface area (Å²) in [5.41, 5.74) is 26.6. The number of nitrogen functional groups attached to an aromatic ring is 2. The van der Waals surface area contributed by atoms with Crippen LogP contribution in [-0.2, 0) is 0 Å². The number of nitrogens with zero attached hydrogens (tertiary/aromatic N) is 6. The van der Waals surface area contributed by atoms with Crippen LogP contribution in [0.5, 0.6) is 11.5 Å². The molecule has 4 heterocycles. The smallest absolute Gasteiger partial charge is 0.227 e. The molecule has 0 saturated carbocycles. The van der Waals surface area contributed by atoms with Crippen molar-refractivity contribution in [2.75, 3.05) is 54.6 Å². The van der Waals surface area contributed by atoms with Gasteiger partial charge in [0.2, 0.25) is 11.9 Å². The number of benzene rings is 2. The van der Waals surface area contributed by atoms with Gasteiger partial charge in [-0.25, -0.2) is 9.97 Å². The third kappa shape index (κ3) is 8.62. The molecule has 9 N–H and O–H groups in total. The van der Waals surface area contributed by atoms with Gasteiger partial charge in [0.25, 0.3) is 0 Å². The molecule has 0 atom stereocenters. The van der Waals surface area contributed by atoms with Crippen molar-refractivity contribution in [2.24, 2.45) is 11.5 Å². The lowest BCUT2D eigenvalue weighted by Crippen LogP contribution is -2.48. The molecular formula is C33H40Cl4N10O2. The molecule has 0 unspecified atom stereocenters. The molecule has 6 rings (SSSR count). The van der Waals surface area contributed by atoms with Crippen LogP contribution in [0.3, 0.4) is 0 Å². The minimum atomic E-state index is -0.145. The highest BCUT2D eigenvalue weighted by Gasteiger charge is 2.29. The van der Waals surface area contributed by atoms with E-state index in [1.165, 1.54) is 12.1 Å². The lowest BCUT2D eigenvalue weighted by Gasteiger charge is -2.36. The van der Waals surface area contributed by atoms with E-state index < -0.39 is 0 Å². The van der Waals surface area contributed by atoms with Gasteiger partial charge < -0.3 is 42.6 Å². The fourth-order valence-electron chi connectivity index (χ4n) is 5.57. The summed E-state index contributed by atoms with van der Waals surface area (Å²) in [5, 5.41) is 11.1. The fraction of sp³-hybridized carbons (Fsp3) is 0.394. The molecule has 0 spiro atoms. The first-order valence-corrected chi connectivity index (χ1v) is 17.1. The number of phenolic OH excluding ortho intramolecular Hbond substituents is 1. The van der Waals surface area contributed by atoms with Crippen LogP contribution >= 0.6 is 46.4 Å². The van der Waals surface area contributed by atoms with E-state index in [4.69, 9.17) is 74.1 Å². The van der Waals surface area contributed by atoms with Gasteiger partial charge in [-0.2, -0.15) is 9.97 Å². The number of anilines is 4. The molecule has 16 heteroatoms. The number of hydrogen-bond donors (Lipinski definition) is 5. The molecule has 2 saturated heterocycles. The zero-order valence-corrected chi connectivity index (χ0v) is 30.5. The molecule has 0 bridgehead atoms. The van der Waals surface area contributed by atoms with E-state index in [0.29, 0.717) is 60.8 Å². The molecular weight excluding hydrogens is 710 g/mol. The van der Waals surface area contributed by atoms with Crippen LogP contribution < -0.4 is 37.5 Å². The summed E-state index contributed by atoms with van der Waals surface area (Å²) >= 11 is 24.7. The standard InChI is InChI=1S/C17H21Cl2N5O.C16H19Cl2N5O/c1-17(21)3-5-24(6-4-17)16-22-9-12(15(20)23-16)11-7-10(25-2)8-13(18)14(11)19;1-16(20)2-4-23(5-3-16)15-21-8-11(14(19)22-15)10-6-9(24)7-12(17)13(10)18/h7-9H,3-6,21H2,1-2H3,(H2,20,22,23);6-8,24H,2-5,20H2,1H3,(H2,19,21,22). The second-order valence-corrected chi connectivity index (χ2v) is 14.6. The van der Waals surface area contributed by atoms with Gasteiger partial charge in [0.05, 0.1) is 27.2 Å². The summed E-state index contributed by atoms with van der Waals surface area (Å²) in [6.45, 7) is 7.29. The van der Waals surface area contributed by atoms with Gasteiger partial charge in [0.1, 0.15) is 23.1 Å². The van der Waals surface area contributed by atoms with Crippen molar-refractivity contribution in [3.05, 3.63) is 56.7 Å². The van der Waals surface area contributed by atoms with E-state index in [-0.39, 0.29) is 27.7 Å². The number of aromatic nitrogens is 4. The molecule has 2 aliphatic heterocycles. The number of halogens is 4. The van der Waals surface area contributed by atoms with E-state index in [1.54, 1.807) is 31.6 Å². The maximum Gasteiger partial charge on any atom is 0.227 e. The third-order valence-corrected chi connectivity index (χ3v) is 10.4. The Balaban J connectivity index is 0.000000191.